The van der Waals surface area contributed by atoms with Crippen molar-refractivity contribution in [2.75, 3.05) is 60.9 Å². The number of nitrogens with one attached hydrogen (secondary N) is 1. The Balaban J connectivity index is 1.46. The number of piperidine rings is 3. The van der Waals surface area contributed by atoms with Crippen molar-refractivity contribution in [2.45, 2.75) is 75.7 Å². The Labute approximate surface area is 197 Å². The fourth-order valence-corrected chi connectivity index (χ4v) is 5.37. The molecule has 4 heterocycles. The number of hydrogen-bond donors (Lipinski definition) is 5. The first-order valence-electron chi connectivity index (χ1n) is 12.6. The third-order valence-corrected chi connectivity index (χ3v) is 7.05. The van der Waals surface area contributed by atoms with Gasteiger partial charge in [0.2, 0.25) is 17.8 Å². The zero-order valence-corrected chi connectivity index (χ0v) is 20.1. The van der Waals surface area contributed by atoms with Crippen LogP contribution in [-0.2, 0) is 0 Å². The van der Waals surface area contributed by atoms with E-state index in [1.165, 1.54) is 25.8 Å². The molecule has 9 N–H and O–H groups in total. The van der Waals surface area contributed by atoms with Crippen molar-refractivity contribution < 1.29 is 0 Å². The van der Waals surface area contributed by atoms with Crippen molar-refractivity contribution >= 4 is 17.8 Å². The summed E-state index contributed by atoms with van der Waals surface area (Å²) in [5.41, 5.74) is 24.9. The molecule has 0 aromatic carbocycles. The zero-order chi connectivity index (χ0) is 23.4. The molecule has 11 nitrogen and oxygen atoms in total. The van der Waals surface area contributed by atoms with E-state index >= 15 is 0 Å². The predicted molar refractivity (Wildman–Crippen MR) is 133 cm³/mol. The molecule has 3 fully saturated rings. The smallest absolute Gasteiger partial charge is 0.232 e. The Bertz CT molecular complexity index is 698. The van der Waals surface area contributed by atoms with Gasteiger partial charge >= 0.3 is 0 Å². The fourth-order valence-electron chi connectivity index (χ4n) is 5.37. The van der Waals surface area contributed by atoms with E-state index in [-0.39, 0.29) is 24.2 Å². The topological polar surface area (TPSA) is 164 Å². The Morgan fingerprint density at radius 3 is 1.88 bits per heavy atom. The minimum atomic E-state index is 0.00809. The Morgan fingerprint density at radius 2 is 1.36 bits per heavy atom. The lowest BCUT2D eigenvalue weighted by Gasteiger charge is -2.37. The van der Waals surface area contributed by atoms with Crippen LogP contribution in [0.25, 0.3) is 0 Å². The maximum atomic E-state index is 6.23. The molecule has 0 saturated carbocycles. The van der Waals surface area contributed by atoms with E-state index in [9.17, 15) is 0 Å². The standard InChI is InChI=1S/C22H43N11/c1-15-5-2-3-7-31(15)8-4-6-27-20-28-21(32-11-16(23)9-17(24)12-32)30-22(29-20)33-13-18(25)10-19(26)14-33/h15-19H,2-14,23-26H2,1H3,(H,27,28,29,30). The largest absolute Gasteiger partial charge is 0.354 e. The highest BCUT2D eigenvalue weighted by Gasteiger charge is 2.28. The summed E-state index contributed by atoms with van der Waals surface area (Å²) in [5, 5.41) is 3.44. The summed E-state index contributed by atoms with van der Waals surface area (Å²) < 4.78 is 0. The average Bonchev–Trinajstić information content (AvgIpc) is 2.76. The number of rotatable bonds is 7. The fraction of sp³-hybridized carbons (Fsp3) is 0.864. The molecule has 3 aliphatic heterocycles. The lowest BCUT2D eigenvalue weighted by molar-refractivity contribution is 0.160. The molecule has 5 atom stereocenters. The molecule has 0 radical (unpaired) electrons. The van der Waals surface area contributed by atoms with E-state index in [4.69, 9.17) is 37.9 Å². The van der Waals surface area contributed by atoms with Crippen LogP contribution in [0.1, 0.15) is 45.4 Å². The van der Waals surface area contributed by atoms with Crippen molar-refractivity contribution in [3.05, 3.63) is 0 Å². The Kier molecular flexibility index (Phi) is 8.18. The number of likely N-dealkylation sites (tertiary alicyclic amines) is 1. The summed E-state index contributed by atoms with van der Waals surface area (Å²) in [6.07, 6.45) is 6.61. The molecule has 3 aliphatic rings. The Morgan fingerprint density at radius 1 is 0.818 bits per heavy atom. The second-order valence-corrected chi connectivity index (χ2v) is 10.2. The van der Waals surface area contributed by atoms with Gasteiger partial charge in [0.15, 0.2) is 0 Å². The molecular weight excluding hydrogens is 418 g/mol. The predicted octanol–water partition coefficient (Wildman–Crippen LogP) is -0.723. The molecule has 1 aromatic rings. The van der Waals surface area contributed by atoms with Gasteiger partial charge in [-0.25, -0.2) is 0 Å². The number of aromatic nitrogens is 3. The normalized spacial score (nSPS) is 31.6. The van der Waals surface area contributed by atoms with Crippen LogP contribution in [-0.4, -0.2) is 95.9 Å². The highest BCUT2D eigenvalue weighted by atomic mass is 15.4. The zero-order valence-electron chi connectivity index (χ0n) is 20.1. The van der Waals surface area contributed by atoms with Crippen LogP contribution in [0.4, 0.5) is 17.8 Å². The van der Waals surface area contributed by atoms with Gasteiger partial charge in [-0.2, -0.15) is 15.0 Å². The van der Waals surface area contributed by atoms with Crippen molar-refractivity contribution in [3.8, 4) is 0 Å². The van der Waals surface area contributed by atoms with Crippen LogP contribution in [0.5, 0.6) is 0 Å². The summed E-state index contributed by atoms with van der Waals surface area (Å²) in [7, 11) is 0. The lowest BCUT2D eigenvalue weighted by atomic mass is 10.0. The number of anilines is 3. The molecule has 1 aromatic heterocycles. The number of hydrogen-bond acceptors (Lipinski definition) is 11. The van der Waals surface area contributed by atoms with Gasteiger partial charge < -0.3 is 43.0 Å². The minimum Gasteiger partial charge on any atom is -0.354 e. The molecule has 4 rings (SSSR count). The summed E-state index contributed by atoms with van der Waals surface area (Å²) >= 11 is 0. The minimum absolute atomic E-state index is 0.00809. The van der Waals surface area contributed by atoms with E-state index in [2.05, 4.69) is 26.9 Å². The third kappa shape index (κ3) is 6.63. The molecule has 33 heavy (non-hydrogen) atoms. The van der Waals surface area contributed by atoms with Crippen LogP contribution in [0.2, 0.25) is 0 Å². The average molecular weight is 462 g/mol. The molecule has 3 saturated heterocycles. The van der Waals surface area contributed by atoms with E-state index in [1.54, 1.807) is 0 Å². The summed E-state index contributed by atoms with van der Waals surface area (Å²) in [6.45, 7) is 8.16. The molecule has 186 valence electrons. The highest BCUT2D eigenvalue weighted by molar-refractivity contribution is 5.46. The van der Waals surface area contributed by atoms with Gasteiger partial charge in [-0.1, -0.05) is 6.42 Å². The molecule has 0 aliphatic carbocycles. The van der Waals surface area contributed by atoms with Crippen molar-refractivity contribution in [2.24, 2.45) is 22.9 Å². The molecule has 0 bridgehead atoms. The van der Waals surface area contributed by atoms with Gasteiger partial charge in [-0.3, -0.25) is 0 Å². The molecule has 5 unspecified atom stereocenters. The van der Waals surface area contributed by atoms with Gasteiger partial charge in [-0.05, 0) is 45.6 Å². The Hall–Kier alpha value is -1.79. The first kappa shape index (κ1) is 24.3. The van der Waals surface area contributed by atoms with Gasteiger partial charge in [0.1, 0.15) is 0 Å². The molecule has 0 amide bonds. The van der Waals surface area contributed by atoms with Crippen molar-refractivity contribution in [1.82, 2.24) is 19.9 Å². The van der Waals surface area contributed by atoms with Gasteiger partial charge in [0, 0.05) is 69.5 Å². The van der Waals surface area contributed by atoms with Crippen molar-refractivity contribution in [1.29, 1.82) is 0 Å². The van der Waals surface area contributed by atoms with Gasteiger partial charge in [-0.15, -0.1) is 0 Å². The SMILES string of the molecule is CC1CCCCN1CCCNc1nc(N2CC(N)CC(N)C2)nc(N2CC(N)CC(N)C2)n1. The van der Waals surface area contributed by atoms with Gasteiger partial charge in [0.25, 0.3) is 0 Å². The van der Waals surface area contributed by atoms with Crippen LogP contribution in [0.15, 0.2) is 0 Å². The molecule has 0 spiro atoms. The maximum absolute atomic E-state index is 6.23. The highest BCUT2D eigenvalue weighted by Crippen LogP contribution is 2.22. The second kappa shape index (κ2) is 11.1. The second-order valence-electron chi connectivity index (χ2n) is 10.2. The monoisotopic (exact) mass is 461 g/mol. The quantitative estimate of drug-likeness (QED) is 0.325. The maximum Gasteiger partial charge on any atom is 0.232 e. The van der Waals surface area contributed by atoms with Crippen LogP contribution >= 0.6 is 0 Å². The first-order chi connectivity index (χ1) is 15.9. The summed E-state index contributed by atoms with van der Waals surface area (Å²) in [6, 6.07) is 0.708. The molecular formula is C22H43N11. The number of nitrogens with zero attached hydrogens (tertiary/aromatic N) is 6. The number of nitrogens with two attached hydrogens (primary N) is 4. The third-order valence-electron chi connectivity index (χ3n) is 7.05. The summed E-state index contributed by atoms with van der Waals surface area (Å²) in [5.74, 6) is 1.82. The first-order valence-corrected chi connectivity index (χ1v) is 12.6. The lowest BCUT2D eigenvalue weighted by Crippen LogP contribution is -2.54. The van der Waals surface area contributed by atoms with E-state index in [0.29, 0.717) is 50.1 Å². The summed E-state index contributed by atoms with van der Waals surface area (Å²) in [4.78, 5) is 21.0. The van der Waals surface area contributed by atoms with Gasteiger partial charge in [0.05, 0.1) is 0 Å². The van der Waals surface area contributed by atoms with Crippen LogP contribution < -0.4 is 38.1 Å². The van der Waals surface area contributed by atoms with Crippen LogP contribution in [0.3, 0.4) is 0 Å². The van der Waals surface area contributed by atoms with E-state index in [1.807, 2.05) is 0 Å². The van der Waals surface area contributed by atoms with E-state index in [0.717, 1.165) is 32.4 Å². The van der Waals surface area contributed by atoms with Crippen LogP contribution in [0, 0.1) is 0 Å². The van der Waals surface area contributed by atoms with Crippen molar-refractivity contribution in [3.63, 3.8) is 0 Å². The molecule has 11 heteroatoms. The van der Waals surface area contributed by atoms with E-state index < -0.39 is 0 Å².